The normalized spacial score (nSPS) is 11.1. The third-order valence-corrected chi connectivity index (χ3v) is 2.60. The molecule has 0 saturated carbocycles. The third-order valence-electron chi connectivity index (χ3n) is 2.24. The molecule has 1 aromatic heterocycles. The second-order valence-electron chi connectivity index (χ2n) is 3.28. The van der Waals surface area contributed by atoms with Crippen LogP contribution in [0.4, 0.5) is 0 Å². The Kier molecular flexibility index (Phi) is 2.92. The largest absolute Gasteiger partial charge is 0.411 e. The minimum Gasteiger partial charge on any atom is -0.411 e. The number of hydrogen-bond donors (Lipinski definition) is 1. The predicted molar refractivity (Wildman–Crippen MR) is 62.7 cm³/mol. The second-order valence-corrected chi connectivity index (χ2v) is 3.64. The van der Waals surface area contributed by atoms with E-state index in [2.05, 4.69) is 10.3 Å². The fourth-order valence-electron chi connectivity index (χ4n) is 1.46. The maximum absolute atomic E-state index is 8.52. The molecule has 4 nitrogen and oxygen atoms in total. The second kappa shape index (κ2) is 4.37. The first-order chi connectivity index (χ1) is 7.74. The van der Waals surface area contributed by atoms with E-state index in [0.29, 0.717) is 16.4 Å². The molecular weight excluding hydrogens is 226 g/mol. The van der Waals surface area contributed by atoms with Gasteiger partial charge in [-0.1, -0.05) is 35.0 Å². The number of aromatic nitrogens is 2. The van der Waals surface area contributed by atoms with Crippen LogP contribution < -0.4 is 0 Å². The van der Waals surface area contributed by atoms with Crippen molar-refractivity contribution in [3.63, 3.8) is 0 Å². The van der Waals surface area contributed by atoms with E-state index in [4.69, 9.17) is 16.8 Å². The first-order valence-corrected chi connectivity index (χ1v) is 5.10. The van der Waals surface area contributed by atoms with Gasteiger partial charge in [0.25, 0.3) is 0 Å². The maximum Gasteiger partial charge on any atom is 0.142 e. The Hall–Kier alpha value is -1.81. The number of oxime groups is 1. The average molecular weight is 236 g/mol. The van der Waals surface area contributed by atoms with Crippen molar-refractivity contribution >= 4 is 17.8 Å². The van der Waals surface area contributed by atoms with Crippen molar-refractivity contribution in [1.29, 1.82) is 0 Å². The van der Waals surface area contributed by atoms with Crippen molar-refractivity contribution in [2.45, 2.75) is 6.92 Å². The van der Waals surface area contributed by atoms with Gasteiger partial charge in [0.2, 0.25) is 0 Å². The first-order valence-electron chi connectivity index (χ1n) is 4.72. The highest BCUT2D eigenvalue weighted by atomic mass is 35.5. The van der Waals surface area contributed by atoms with Gasteiger partial charge in [-0.3, -0.25) is 0 Å². The van der Waals surface area contributed by atoms with Crippen LogP contribution in [0.1, 0.15) is 11.3 Å². The summed E-state index contributed by atoms with van der Waals surface area (Å²) in [5.41, 5.74) is 2.20. The lowest BCUT2D eigenvalue weighted by Gasteiger charge is -2.01. The minimum atomic E-state index is 0.432. The van der Waals surface area contributed by atoms with Crippen molar-refractivity contribution < 1.29 is 5.21 Å². The van der Waals surface area contributed by atoms with Crippen molar-refractivity contribution in [3.8, 4) is 5.69 Å². The molecule has 0 bridgehead atoms. The van der Waals surface area contributed by atoms with Crippen LogP contribution in [0.25, 0.3) is 5.69 Å². The summed E-state index contributed by atoms with van der Waals surface area (Å²) in [5, 5.41) is 16.2. The van der Waals surface area contributed by atoms with Crippen LogP contribution >= 0.6 is 11.6 Å². The zero-order valence-corrected chi connectivity index (χ0v) is 9.39. The molecule has 0 fully saturated rings. The summed E-state index contributed by atoms with van der Waals surface area (Å²) < 4.78 is 1.61. The number of benzene rings is 1. The SMILES string of the molecule is Cc1nn(-c2ccccc2)c(Cl)c1/C=N/O. The van der Waals surface area contributed by atoms with E-state index in [0.717, 1.165) is 5.69 Å². The molecule has 1 N–H and O–H groups in total. The van der Waals surface area contributed by atoms with Crippen LogP contribution in [0.3, 0.4) is 0 Å². The van der Waals surface area contributed by atoms with Crippen LogP contribution in [0.5, 0.6) is 0 Å². The van der Waals surface area contributed by atoms with Crippen molar-refractivity contribution in [1.82, 2.24) is 9.78 Å². The molecule has 2 rings (SSSR count). The van der Waals surface area contributed by atoms with Gasteiger partial charge in [-0.05, 0) is 19.1 Å². The minimum absolute atomic E-state index is 0.432. The third kappa shape index (κ3) is 1.79. The molecule has 0 amide bonds. The van der Waals surface area contributed by atoms with Gasteiger partial charge < -0.3 is 5.21 Å². The average Bonchev–Trinajstić information content (AvgIpc) is 2.59. The standard InChI is InChI=1S/C11H10ClN3O/c1-8-10(7-13-16)11(12)15(14-8)9-5-3-2-4-6-9/h2-7,16H,1H3/b13-7+. The van der Waals surface area contributed by atoms with Gasteiger partial charge in [-0.2, -0.15) is 5.10 Å². The Morgan fingerprint density at radius 3 is 2.69 bits per heavy atom. The van der Waals surface area contributed by atoms with Crippen LogP contribution in [-0.2, 0) is 0 Å². The molecular formula is C11H10ClN3O. The lowest BCUT2D eigenvalue weighted by Crippen LogP contribution is -1.95. The molecule has 1 heterocycles. The molecule has 0 radical (unpaired) electrons. The number of rotatable bonds is 2. The number of para-hydroxylation sites is 1. The summed E-state index contributed by atoms with van der Waals surface area (Å²) in [4.78, 5) is 0. The van der Waals surface area contributed by atoms with Gasteiger partial charge >= 0.3 is 0 Å². The first kappa shape index (κ1) is 10.7. The molecule has 82 valence electrons. The zero-order valence-electron chi connectivity index (χ0n) is 8.63. The Labute approximate surface area is 97.8 Å². The molecule has 0 unspecified atom stereocenters. The number of aryl methyl sites for hydroxylation is 1. The summed E-state index contributed by atoms with van der Waals surface area (Å²) in [5.74, 6) is 0. The Balaban J connectivity index is 2.56. The smallest absolute Gasteiger partial charge is 0.142 e. The van der Waals surface area contributed by atoms with Gasteiger partial charge in [0.1, 0.15) is 5.15 Å². The molecule has 0 aliphatic heterocycles. The zero-order chi connectivity index (χ0) is 11.5. The van der Waals surface area contributed by atoms with E-state index in [9.17, 15) is 0 Å². The fraction of sp³-hybridized carbons (Fsp3) is 0.0909. The van der Waals surface area contributed by atoms with E-state index < -0.39 is 0 Å². The van der Waals surface area contributed by atoms with Crippen LogP contribution in [-0.4, -0.2) is 21.2 Å². The molecule has 0 saturated heterocycles. The lowest BCUT2D eigenvalue weighted by atomic mass is 10.3. The predicted octanol–water partition coefficient (Wildman–Crippen LogP) is 2.64. The molecule has 0 atom stereocenters. The summed E-state index contributed by atoms with van der Waals surface area (Å²) >= 11 is 6.14. The monoisotopic (exact) mass is 235 g/mol. The van der Waals surface area contributed by atoms with Crippen LogP contribution in [0, 0.1) is 6.92 Å². The number of hydrogen-bond acceptors (Lipinski definition) is 3. The summed E-state index contributed by atoms with van der Waals surface area (Å²) in [6.07, 6.45) is 1.28. The van der Waals surface area contributed by atoms with E-state index >= 15 is 0 Å². The maximum atomic E-state index is 8.52. The Morgan fingerprint density at radius 1 is 1.38 bits per heavy atom. The molecule has 0 aliphatic carbocycles. The van der Waals surface area contributed by atoms with Crippen LogP contribution in [0.2, 0.25) is 5.15 Å². The van der Waals surface area contributed by atoms with E-state index in [-0.39, 0.29) is 0 Å². The van der Waals surface area contributed by atoms with Crippen molar-refractivity contribution in [2.24, 2.45) is 5.16 Å². The summed E-state index contributed by atoms with van der Waals surface area (Å²) in [6.45, 7) is 1.81. The van der Waals surface area contributed by atoms with E-state index in [1.165, 1.54) is 6.21 Å². The van der Waals surface area contributed by atoms with Gasteiger partial charge in [0.05, 0.1) is 23.2 Å². The van der Waals surface area contributed by atoms with Gasteiger partial charge in [0, 0.05) is 0 Å². The van der Waals surface area contributed by atoms with E-state index in [1.807, 2.05) is 37.3 Å². The molecule has 5 heteroatoms. The molecule has 16 heavy (non-hydrogen) atoms. The molecule has 0 spiro atoms. The van der Waals surface area contributed by atoms with Crippen LogP contribution in [0.15, 0.2) is 35.5 Å². The van der Waals surface area contributed by atoms with Crippen molar-refractivity contribution in [2.75, 3.05) is 0 Å². The number of nitrogens with zero attached hydrogens (tertiary/aromatic N) is 3. The Morgan fingerprint density at radius 2 is 2.06 bits per heavy atom. The summed E-state index contributed by atoms with van der Waals surface area (Å²) in [6, 6.07) is 9.53. The molecule has 2 aromatic rings. The topological polar surface area (TPSA) is 50.4 Å². The molecule has 1 aromatic carbocycles. The lowest BCUT2D eigenvalue weighted by molar-refractivity contribution is 0.322. The summed E-state index contributed by atoms with van der Waals surface area (Å²) in [7, 11) is 0. The van der Waals surface area contributed by atoms with E-state index in [1.54, 1.807) is 4.68 Å². The quantitative estimate of drug-likeness (QED) is 0.494. The van der Waals surface area contributed by atoms with Gasteiger partial charge in [-0.15, -0.1) is 0 Å². The highest BCUT2D eigenvalue weighted by Gasteiger charge is 2.12. The Bertz CT molecular complexity index is 520. The molecule has 0 aliphatic rings. The van der Waals surface area contributed by atoms with Gasteiger partial charge in [-0.25, -0.2) is 4.68 Å². The van der Waals surface area contributed by atoms with Crippen molar-refractivity contribution in [3.05, 3.63) is 46.7 Å². The highest BCUT2D eigenvalue weighted by Crippen LogP contribution is 2.21. The highest BCUT2D eigenvalue weighted by molar-refractivity contribution is 6.32. The fourth-order valence-corrected chi connectivity index (χ4v) is 1.78. The van der Waals surface area contributed by atoms with Gasteiger partial charge in [0.15, 0.2) is 0 Å². The number of halogens is 1.